The van der Waals surface area contributed by atoms with Crippen LogP contribution in [0.4, 0.5) is 0 Å². The lowest BCUT2D eigenvalue weighted by molar-refractivity contribution is -0.177. The number of hydrogen-bond donors (Lipinski definition) is 0. The van der Waals surface area contributed by atoms with Crippen LogP contribution >= 0.6 is 0 Å². The first-order chi connectivity index (χ1) is 12.0. The average Bonchev–Trinajstić information content (AvgIpc) is 3.13. The van der Waals surface area contributed by atoms with Crippen LogP contribution in [-0.4, -0.2) is 25.3 Å². The molecule has 1 aliphatic heterocycles. The van der Waals surface area contributed by atoms with Gasteiger partial charge in [-0.2, -0.15) is 5.26 Å². The zero-order chi connectivity index (χ0) is 17.7. The van der Waals surface area contributed by atoms with Gasteiger partial charge in [-0.3, -0.25) is 4.79 Å². The fourth-order valence-electron chi connectivity index (χ4n) is 5.52. The van der Waals surface area contributed by atoms with Gasteiger partial charge in [-0.1, -0.05) is 32.1 Å². The molecule has 0 aromatic rings. The normalized spacial score (nSPS) is 43.3. The molecule has 0 aromatic heterocycles. The number of nitriles is 1. The van der Waals surface area contributed by atoms with Crippen molar-refractivity contribution in [2.45, 2.75) is 39.4 Å². The SMILES string of the molecule is C[C@]12C=CC(=O)C=C1C=C[C@@H]1[C@@H]2CC[C@](C)(C2OCCO2)[C@H]1CC#N. The molecule has 4 rings (SSSR count). The minimum Gasteiger partial charge on any atom is -0.350 e. The van der Waals surface area contributed by atoms with Gasteiger partial charge in [-0.05, 0) is 48.3 Å². The Balaban J connectivity index is 1.73. The number of ether oxygens (including phenoxy) is 2. The molecule has 0 N–H and O–H groups in total. The molecule has 4 heteroatoms. The predicted octanol–water partition coefficient (Wildman–Crippen LogP) is 3.56. The number of carbonyl (C=O) groups is 1. The van der Waals surface area contributed by atoms with Crippen LogP contribution in [0.15, 0.2) is 36.0 Å². The van der Waals surface area contributed by atoms with E-state index in [9.17, 15) is 10.1 Å². The van der Waals surface area contributed by atoms with E-state index in [0.717, 1.165) is 18.4 Å². The lowest BCUT2D eigenvalue weighted by atomic mass is 9.49. The van der Waals surface area contributed by atoms with Crippen LogP contribution in [0.3, 0.4) is 0 Å². The highest BCUT2D eigenvalue weighted by molar-refractivity contribution is 6.01. The van der Waals surface area contributed by atoms with E-state index in [1.165, 1.54) is 0 Å². The average molecular weight is 339 g/mol. The van der Waals surface area contributed by atoms with E-state index in [2.05, 4.69) is 38.1 Å². The second kappa shape index (κ2) is 5.93. The lowest BCUT2D eigenvalue weighted by Gasteiger charge is -2.56. The minimum absolute atomic E-state index is 0.0672. The molecule has 1 saturated carbocycles. The highest BCUT2D eigenvalue weighted by Crippen LogP contribution is 2.60. The zero-order valence-electron chi connectivity index (χ0n) is 14.9. The van der Waals surface area contributed by atoms with Crippen LogP contribution in [-0.2, 0) is 14.3 Å². The number of nitrogens with zero attached hydrogens (tertiary/aromatic N) is 1. The van der Waals surface area contributed by atoms with E-state index >= 15 is 0 Å². The van der Waals surface area contributed by atoms with Crippen molar-refractivity contribution in [2.75, 3.05) is 13.2 Å². The summed E-state index contributed by atoms with van der Waals surface area (Å²) in [4.78, 5) is 11.8. The minimum atomic E-state index is -0.214. The second-order valence-electron chi connectivity index (χ2n) is 8.25. The summed E-state index contributed by atoms with van der Waals surface area (Å²) < 4.78 is 11.7. The van der Waals surface area contributed by atoms with Gasteiger partial charge in [0.25, 0.3) is 0 Å². The van der Waals surface area contributed by atoms with E-state index in [1.807, 2.05) is 0 Å². The van der Waals surface area contributed by atoms with Gasteiger partial charge in [0, 0.05) is 17.3 Å². The van der Waals surface area contributed by atoms with Crippen molar-refractivity contribution in [3.8, 4) is 6.07 Å². The maximum Gasteiger partial charge on any atom is 0.178 e. The first-order valence-electron chi connectivity index (χ1n) is 9.23. The maximum atomic E-state index is 11.8. The first-order valence-corrected chi connectivity index (χ1v) is 9.23. The second-order valence-corrected chi connectivity index (χ2v) is 8.25. The Morgan fingerprint density at radius 3 is 2.76 bits per heavy atom. The monoisotopic (exact) mass is 339 g/mol. The Labute approximate surface area is 149 Å². The summed E-state index contributed by atoms with van der Waals surface area (Å²) in [6, 6.07) is 2.41. The van der Waals surface area contributed by atoms with Crippen molar-refractivity contribution in [3.05, 3.63) is 36.0 Å². The fourth-order valence-corrected chi connectivity index (χ4v) is 5.52. The smallest absolute Gasteiger partial charge is 0.178 e. The molecule has 3 aliphatic carbocycles. The van der Waals surface area contributed by atoms with Crippen LogP contribution in [0.25, 0.3) is 0 Å². The molecule has 132 valence electrons. The quantitative estimate of drug-likeness (QED) is 0.772. The molecule has 1 saturated heterocycles. The predicted molar refractivity (Wildman–Crippen MR) is 93.2 cm³/mol. The Morgan fingerprint density at radius 2 is 2.04 bits per heavy atom. The number of hydrogen-bond acceptors (Lipinski definition) is 4. The molecule has 0 unspecified atom stereocenters. The summed E-state index contributed by atoms with van der Waals surface area (Å²) in [6.07, 6.45) is 12.2. The first kappa shape index (κ1) is 16.8. The molecule has 5 atom stereocenters. The van der Waals surface area contributed by atoms with Gasteiger partial charge in [0.2, 0.25) is 0 Å². The topological polar surface area (TPSA) is 59.3 Å². The van der Waals surface area contributed by atoms with E-state index in [4.69, 9.17) is 9.47 Å². The summed E-state index contributed by atoms with van der Waals surface area (Å²) in [6.45, 7) is 5.73. The Morgan fingerprint density at radius 1 is 1.28 bits per heavy atom. The van der Waals surface area contributed by atoms with E-state index in [-0.39, 0.29) is 28.8 Å². The lowest BCUT2D eigenvalue weighted by Crippen LogP contribution is -2.52. The number of rotatable bonds is 2. The Hall–Kier alpha value is -1.70. The summed E-state index contributed by atoms with van der Waals surface area (Å²) in [7, 11) is 0. The van der Waals surface area contributed by atoms with Crippen molar-refractivity contribution in [1.29, 1.82) is 5.26 Å². The summed E-state index contributed by atoms with van der Waals surface area (Å²) in [5, 5.41) is 9.49. The van der Waals surface area contributed by atoms with Gasteiger partial charge in [0.1, 0.15) is 0 Å². The molecule has 0 aromatic carbocycles. The number of carbonyl (C=O) groups excluding carboxylic acids is 1. The van der Waals surface area contributed by atoms with E-state index in [1.54, 1.807) is 12.2 Å². The van der Waals surface area contributed by atoms with Gasteiger partial charge in [0.05, 0.1) is 19.3 Å². The highest BCUT2D eigenvalue weighted by atomic mass is 16.7. The van der Waals surface area contributed by atoms with Gasteiger partial charge in [-0.15, -0.1) is 0 Å². The molecule has 4 nitrogen and oxygen atoms in total. The number of fused-ring (bicyclic) bond motifs is 3. The van der Waals surface area contributed by atoms with Crippen molar-refractivity contribution in [1.82, 2.24) is 0 Å². The summed E-state index contributed by atoms with van der Waals surface area (Å²) in [5.74, 6) is 0.963. The van der Waals surface area contributed by atoms with Crippen molar-refractivity contribution < 1.29 is 14.3 Å². The Kier molecular flexibility index (Phi) is 3.97. The van der Waals surface area contributed by atoms with Gasteiger partial charge >= 0.3 is 0 Å². The van der Waals surface area contributed by atoms with Gasteiger partial charge in [0.15, 0.2) is 12.1 Å². The highest BCUT2D eigenvalue weighted by Gasteiger charge is 2.56. The molecule has 0 radical (unpaired) electrons. The van der Waals surface area contributed by atoms with Gasteiger partial charge < -0.3 is 9.47 Å². The third kappa shape index (κ3) is 2.45. The van der Waals surface area contributed by atoms with Crippen molar-refractivity contribution in [3.63, 3.8) is 0 Å². The molecule has 0 bridgehead atoms. The van der Waals surface area contributed by atoms with Crippen LogP contribution in [0.1, 0.15) is 33.1 Å². The molecular formula is C21H25NO3. The maximum absolute atomic E-state index is 11.8. The van der Waals surface area contributed by atoms with E-state index < -0.39 is 0 Å². The Bertz CT molecular complexity index is 709. The summed E-state index contributed by atoms with van der Waals surface area (Å²) >= 11 is 0. The molecule has 25 heavy (non-hydrogen) atoms. The largest absolute Gasteiger partial charge is 0.350 e. The summed E-state index contributed by atoms with van der Waals surface area (Å²) in [5.41, 5.74) is 0.831. The van der Waals surface area contributed by atoms with E-state index in [0.29, 0.717) is 31.5 Å². The van der Waals surface area contributed by atoms with Crippen LogP contribution < -0.4 is 0 Å². The molecule has 2 fully saturated rings. The van der Waals surface area contributed by atoms with Gasteiger partial charge in [-0.25, -0.2) is 0 Å². The number of ketones is 1. The third-order valence-corrected chi connectivity index (χ3v) is 7.02. The number of allylic oxidation sites excluding steroid dienone is 6. The zero-order valence-corrected chi connectivity index (χ0v) is 14.9. The molecule has 0 amide bonds. The van der Waals surface area contributed by atoms with Crippen molar-refractivity contribution >= 4 is 5.78 Å². The molecular weight excluding hydrogens is 314 g/mol. The molecule has 0 spiro atoms. The molecule has 4 aliphatic rings. The standard InChI is InChI=1S/C21H25NO3/c1-20-8-5-15(23)13-14(20)3-4-16-17(20)6-9-21(2,18(16)7-10-22)19-24-11-12-25-19/h3-5,8,13,16-19H,6-7,9,11-12H2,1-2H3/t16-,17+,18+,20+,21+/m1/s1. The van der Waals surface area contributed by atoms with Crippen LogP contribution in [0, 0.1) is 39.9 Å². The fraction of sp³-hybridized carbons (Fsp3) is 0.619. The van der Waals surface area contributed by atoms with Crippen LogP contribution in [0.2, 0.25) is 0 Å². The third-order valence-electron chi connectivity index (χ3n) is 7.02. The molecule has 1 heterocycles. The van der Waals surface area contributed by atoms with Crippen molar-refractivity contribution in [2.24, 2.45) is 28.6 Å². The van der Waals surface area contributed by atoms with Crippen LogP contribution in [0.5, 0.6) is 0 Å².